The first-order valence-corrected chi connectivity index (χ1v) is 8.06. The SMILES string of the molecule is CCCNc1ccccc1S(=O)(=O)NC(C)CC(F)(F)F. The average molecular weight is 324 g/mol. The summed E-state index contributed by atoms with van der Waals surface area (Å²) in [5.41, 5.74) is 0.381. The number of halogens is 3. The molecule has 120 valence electrons. The van der Waals surface area contributed by atoms with Gasteiger partial charge in [-0.25, -0.2) is 13.1 Å². The van der Waals surface area contributed by atoms with Crippen LogP contribution in [0.3, 0.4) is 0 Å². The predicted molar refractivity (Wildman–Crippen MR) is 75.7 cm³/mol. The summed E-state index contributed by atoms with van der Waals surface area (Å²) in [6.45, 7) is 3.69. The number of benzene rings is 1. The van der Waals surface area contributed by atoms with Gasteiger partial charge in [0.25, 0.3) is 0 Å². The molecule has 1 atom stereocenters. The molecule has 2 N–H and O–H groups in total. The van der Waals surface area contributed by atoms with Gasteiger partial charge in [-0.1, -0.05) is 19.1 Å². The lowest BCUT2D eigenvalue weighted by Gasteiger charge is -2.18. The largest absolute Gasteiger partial charge is 0.390 e. The number of nitrogens with one attached hydrogen (secondary N) is 2. The van der Waals surface area contributed by atoms with Crippen LogP contribution in [0.5, 0.6) is 0 Å². The molecule has 0 radical (unpaired) electrons. The summed E-state index contributed by atoms with van der Waals surface area (Å²) < 4.78 is 63.3. The van der Waals surface area contributed by atoms with Crippen LogP contribution in [0, 0.1) is 0 Å². The molecule has 0 heterocycles. The lowest BCUT2D eigenvalue weighted by molar-refractivity contribution is -0.137. The number of alkyl halides is 3. The van der Waals surface area contributed by atoms with Gasteiger partial charge in [0, 0.05) is 12.6 Å². The molecular weight excluding hydrogens is 305 g/mol. The van der Waals surface area contributed by atoms with E-state index in [2.05, 4.69) is 10.0 Å². The van der Waals surface area contributed by atoms with Gasteiger partial charge in [-0.2, -0.15) is 13.2 Å². The van der Waals surface area contributed by atoms with Crippen molar-refractivity contribution in [1.29, 1.82) is 0 Å². The quantitative estimate of drug-likeness (QED) is 0.810. The highest BCUT2D eigenvalue weighted by Crippen LogP contribution is 2.24. The summed E-state index contributed by atoms with van der Waals surface area (Å²) in [4.78, 5) is -0.0486. The Balaban J connectivity index is 2.92. The zero-order valence-electron chi connectivity index (χ0n) is 11.9. The molecule has 1 aromatic rings. The number of anilines is 1. The number of hydrogen-bond acceptors (Lipinski definition) is 3. The van der Waals surface area contributed by atoms with E-state index in [0.717, 1.165) is 6.42 Å². The van der Waals surface area contributed by atoms with Crippen molar-refractivity contribution < 1.29 is 21.6 Å². The van der Waals surface area contributed by atoms with E-state index in [1.54, 1.807) is 12.1 Å². The number of sulfonamides is 1. The van der Waals surface area contributed by atoms with Crippen LogP contribution in [0.25, 0.3) is 0 Å². The minimum absolute atomic E-state index is 0.0486. The Morgan fingerprint density at radius 2 is 1.86 bits per heavy atom. The number of rotatable bonds is 7. The second-order valence-corrected chi connectivity index (χ2v) is 6.45. The van der Waals surface area contributed by atoms with Crippen molar-refractivity contribution in [1.82, 2.24) is 4.72 Å². The third kappa shape index (κ3) is 5.92. The van der Waals surface area contributed by atoms with Crippen molar-refractivity contribution in [2.75, 3.05) is 11.9 Å². The van der Waals surface area contributed by atoms with Crippen LogP contribution in [0.4, 0.5) is 18.9 Å². The van der Waals surface area contributed by atoms with Gasteiger partial charge in [0.2, 0.25) is 10.0 Å². The van der Waals surface area contributed by atoms with E-state index in [1.807, 2.05) is 6.92 Å². The first-order valence-electron chi connectivity index (χ1n) is 6.57. The number of para-hydroxylation sites is 1. The third-order valence-corrected chi connectivity index (χ3v) is 4.28. The van der Waals surface area contributed by atoms with Crippen LogP contribution in [-0.4, -0.2) is 27.2 Å². The zero-order chi connectivity index (χ0) is 16.1. The molecule has 0 bridgehead atoms. The molecule has 4 nitrogen and oxygen atoms in total. The Kier molecular flexibility index (Phi) is 6.03. The molecule has 1 unspecified atom stereocenters. The highest BCUT2D eigenvalue weighted by Gasteiger charge is 2.32. The molecule has 0 amide bonds. The molecule has 0 saturated carbocycles. The van der Waals surface area contributed by atoms with Crippen molar-refractivity contribution >= 4 is 15.7 Å². The van der Waals surface area contributed by atoms with E-state index in [-0.39, 0.29) is 4.90 Å². The maximum atomic E-state index is 12.3. The summed E-state index contributed by atoms with van der Waals surface area (Å²) in [7, 11) is -4.01. The summed E-state index contributed by atoms with van der Waals surface area (Å²) in [5.74, 6) is 0. The Hall–Kier alpha value is -1.28. The van der Waals surface area contributed by atoms with Crippen LogP contribution in [-0.2, 0) is 10.0 Å². The van der Waals surface area contributed by atoms with Gasteiger partial charge in [-0.15, -0.1) is 0 Å². The van der Waals surface area contributed by atoms with Crippen LogP contribution < -0.4 is 10.0 Å². The predicted octanol–water partition coefficient (Wildman–Crippen LogP) is 3.13. The second-order valence-electron chi connectivity index (χ2n) is 4.76. The molecule has 0 aromatic heterocycles. The lowest BCUT2D eigenvalue weighted by atomic mass is 10.2. The summed E-state index contributed by atoms with van der Waals surface area (Å²) >= 11 is 0. The fourth-order valence-electron chi connectivity index (χ4n) is 1.82. The molecular formula is C13H19F3N2O2S. The normalized spacial score (nSPS) is 14.0. The fourth-order valence-corrected chi connectivity index (χ4v) is 3.25. The van der Waals surface area contributed by atoms with E-state index in [1.165, 1.54) is 19.1 Å². The average Bonchev–Trinajstić information content (AvgIpc) is 2.33. The minimum Gasteiger partial charge on any atom is -0.384 e. The summed E-state index contributed by atoms with van der Waals surface area (Å²) in [6, 6.07) is 4.91. The Morgan fingerprint density at radius 1 is 1.24 bits per heavy atom. The topological polar surface area (TPSA) is 58.2 Å². The summed E-state index contributed by atoms with van der Waals surface area (Å²) in [5, 5.41) is 2.95. The van der Waals surface area contributed by atoms with Gasteiger partial charge in [0.15, 0.2) is 0 Å². The van der Waals surface area contributed by atoms with E-state index in [4.69, 9.17) is 0 Å². The van der Waals surface area contributed by atoms with Gasteiger partial charge >= 0.3 is 6.18 Å². The van der Waals surface area contributed by atoms with Crippen molar-refractivity contribution in [3.05, 3.63) is 24.3 Å². The Labute approximate surface area is 122 Å². The highest BCUT2D eigenvalue weighted by atomic mass is 32.2. The first kappa shape index (κ1) is 17.8. The molecule has 0 aliphatic carbocycles. The molecule has 0 saturated heterocycles. The maximum Gasteiger partial charge on any atom is 0.390 e. The fraction of sp³-hybridized carbons (Fsp3) is 0.538. The van der Waals surface area contributed by atoms with E-state index in [0.29, 0.717) is 12.2 Å². The Bertz CT molecular complexity index is 559. The highest BCUT2D eigenvalue weighted by molar-refractivity contribution is 7.89. The van der Waals surface area contributed by atoms with Crippen LogP contribution >= 0.6 is 0 Å². The molecule has 0 aliphatic heterocycles. The molecule has 0 fully saturated rings. The molecule has 0 aliphatic rings. The minimum atomic E-state index is -4.41. The van der Waals surface area contributed by atoms with Crippen molar-refractivity contribution in [3.63, 3.8) is 0 Å². The van der Waals surface area contributed by atoms with Crippen LogP contribution in [0.15, 0.2) is 29.2 Å². The molecule has 1 aromatic carbocycles. The maximum absolute atomic E-state index is 12.3. The van der Waals surface area contributed by atoms with E-state index in [9.17, 15) is 21.6 Å². The third-order valence-electron chi connectivity index (χ3n) is 2.64. The Morgan fingerprint density at radius 3 is 2.43 bits per heavy atom. The van der Waals surface area contributed by atoms with Gasteiger partial charge < -0.3 is 5.32 Å². The van der Waals surface area contributed by atoms with E-state index >= 15 is 0 Å². The van der Waals surface area contributed by atoms with Crippen LogP contribution in [0.1, 0.15) is 26.7 Å². The number of hydrogen-bond donors (Lipinski definition) is 2. The van der Waals surface area contributed by atoms with Gasteiger partial charge in [-0.05, 0) is 25.5 Å². The van der Waals surface area contributed by atoms with Crippen LogP contribution in [0.2, 0.25) is 0 Å². The monoisotopic (exact) mass is 324 g/mol. The summed E-state index contributed by atoms with van der Waals surface area (Å²) in [6.07, 6.45) is -4.83. The first-order chi connectivity index (χ1) is 9.65. The van der Waals surface area contributed by atoms with Gasteiger partial charge in [0.1, 0.15) is 4.90 Å². The van der Waals surface area contributed by atoms with Gasteiger partial charge in [-0.3, -0.25) is 0 Å². The van der Waals surface area contributed by atoms with Crippen molar-refractivity contribution in [2.45, 2.75) is 43.8 Å². The van der Waals surface area contributed by atoms with Gasteiger partial charge in [0.05, 0.1) is 12.1 Å². The zero-order valence-corrected chi connectivity index (χ0v) is 12.7. The second kappa shape index (κ2) is 7.13. The molecule has 1 rings (SSSR count). The van der Waals surface area contributed by atoms with E-state index < -0.39 is 28.7 Å². The molecule has 8 heteroatoms. The lowest BCUT2D eigenvalue weighted by Crippen LogP contribution is -2.36. The smallest absolute Gasteiger partial charge is 0.384 e. The van der Waals surface area contributed by atoms with Crippen molar-refractivity contribution in [2.24, 2.45) is 0 Å². The molecule has 21 heavy (non-hydrogen) atoms. The standard InChI is InChI=1S/C13H19F3N2O2S/c1-3-8-17-11-6-4-5-7-12(11)21(19,20)18-10(2)9-13(14,15)16/h4-7,10,17-18H,3,8-9H2,1-2H3. The molecule has 0 spiro atoms. The van der Waals surface area contributed by atoms with Crippen molar-refractivity contribution in [3.8, 4) is 0 Å².